The van der Waals surface area contributed by atoms with Gasteiger partial charge in [0.05, 0.1) is 0 Å². The maximum atomic E-state index is 13.2. The molecule has 0 radical (unpaired) electrons. The maximum Gasteiger partial charge on any atom is 0.344 e. The second-order valence-corrected chi connectivity index (χ2v) is 8.20. The van der Waals surface area contributed by atoms with Crippen LogP contribution in [0.5, 0.6) is 0 Å². The lowest BCUT2D eigenvalue weighted by molar-refractivity contribution is -0.141. The fourth-order valence-corrected chi connectivity index (χ4v) is 4.34. The van der Waals surface area contributed by atoms with Crippen molar-refractivity contribution in [3.63, 3.8) is 0 Å². The number of hydrogen-bond acceptors (Lipinski definition) is 5. The minimum absolute atomic E-state index is 0.350. The zero-order valence-corrected chi connectivity index (χ0v) is 16.9. The molecule has 2 heterocycles. The molecule has 31 heavy (non-hydrogen) atoms. The molecular formula is C20H22FN5O5. The van der Waals surface area contributed by atoms with Gasteiger partial charge in [-0.3, -0.25) is 24.7 Å². The zero-order valence-electron chi connectivity index (χ0n) is 16.9. The minimum atomic E-state index is -1.47. The van der Waals surface area contributed by atoms with E-state index in [1.165, 1.54) is 19.1 Å². The molecule has 2 aliphatic heterocycles. The van der Waals surface area contributed by atoms with Crippen LogP contribution in [0.2, 0.25) is 0 Å². The average Bonchev–Trinajstić information content (AvgIpc) is 3.09. The van der Waals surface area contributed by atoms with Crippen molar-refractivity contribution in [3.05, 3.63) is 35.6 Å². The summed E-state index contributed by atoms with van der Waals surface area (Å²) in [7, 11) is 0. The molecule has 3 aliphatic rings. The van der Waals surface area contributed by atoms with Gasteiger partial charge in [0.2, 0.25) is 0 Å². The van der Waals surface area contributed by atoms with E-state index in [2.05, 4.69) is 16.1 Å². The Kier molecular flexibility index (Phi) is 4.91. The molecule has 1 saturated carbocycles. The SMILES string of the molecule is CC1(c2ccc(F)cc2)NC(=O)N(CC(=O)NN2C(=O)NC3(CCCCC3)C2=O)C1=O. The van der Waals surface area contributed by atoms with Crippen molar-refractivity contribution >= 4 is 29.8 Å². The van der Waals surface area contributed by atoms with Crippen LogP contribution in [-0.4, -0.2) is 51.8 Å². The van der Waals surface area contributed by atoms with E-state index < -0.39 is 53.2 Å². The van der Waals surface area contributed by atoms with E-state index in [9.17, 15) is 28.4 Å². The fourth-order valence-electron chi connectivity index (χ4n) is 4.34. The van der Waals surface area contributed by atoms with Crippen LogP contribution in [0.1, 0.15) is 44.6 Å². The summed E-state index contributed by atoms with van der Waals surface area (Å²) < 4.78 is 13.2. The number of rotatable bonds is 4. The fraction of sp³-hybridized carbons (Fsp3) is 0.450. The Hall–Kier alpha value is -3.50. The molecule has 164 valence electrons. The number of benzene rings is 1. The highest BCUT2D eigenvalue weighted by Gasteiger charge is 2.53. The van der Waals surface area contributed by atoms with E-state index in [-0.39, 0.29) is 0 Å². The summed E-state index contributed by atoms with van der Waals surface area (Å²) >= 11 is 0. The first kappa shape index (κ1) is 20.8. The molecular weight excluding hydrogens is 409 g/mol. The Bertz CT molecular complexity index is 975. The van der Waals surface area contributed by atoms with Crippen molar-refractivity contribution in [1.82, 2.24) is 26.0 Å². The van der Waals surface area contributed by atoms with Crippen LogP contribution in [0.4, 0.5) is 14.0 Å². The number of hydrogen-bond donors (Lipinski definition) is 3. The van der Waals surface area contributed by atoms with Crippen molar-refractivity contribution < 1.29 is 28.4 Å². The van der Waals surface area contributed by atoms with Crippen molar-refractivity contribution in [2.45, 2.75) is 50.1 Å². The summed E-state index contributed by atoms with van der Waals surface area (Å²) in [5, 5.41) is 5.78. The van der Waals surface area contributed by atoms with Gasteiger partial charge in [-0.1, -0.05) is 31.4 Å². The largest absolute Gasteiger partial charge is 0.344 e. The number of imide groups is 2. The molecule has 1 aromatic carbocycles. The van der Waals surface area contributed by atoms with Crippen molar-refractivity contribution in [2.75, 3.05) is 6.54 Å². The van der Waals surface area contributed by atoms with Gasteiger partial charge in [0, 0.05) is 0 Å². The Balaban J connectivity index is 1.44. The van der Waals surface area contributed by atoms with Gasteiger partial charge in [0.1, 0.15) is 23.4 Å². The topological polar surface area (TPSA) is 128 Å². The molecule has 0 aromatic heterocycles. The molecule has 7 amide bonds. The zero-order chi connectivity index (χ0) is 22.4. The van der Waals surface area contributed by atoms with E-state index in [1.807, 2.05) is 0 Å². The molecule has 3 fully saturated rings. The lowest BCUT2D eigenvalue weighted by Gasteiger charge is -2.30. The Labute approximate surface area is 177 Å². The lowest BCUT2D eigenvalue weighted by Crippen LogP contribution is -2.53. The van der Waals surface area contributed by atoms with E-state index in [1.54, 1.807) is 0 Å². The molecule has 1 aliphatic carbocycles. The van der Waals surface area contributed by atoms with Gasteiger partial charge >= 0.3 is 12.1 Å². The second kappa shape index (κ2) is 7.33. The van der Waals surface area contributed by atoms with Gasteiger partial charge in [-0.15, -0.1) is 0 Å². The van der Waals surface area contributed by atoms with E-state index in [0.29, 0.717) is 28.3 Å². The number of urea groups is 2. The highest BCUT2D eigenvalue weighted by molar-refractivity contribution is 6.10. The first-order chi connectivity index (χ1) is 14.7. The van der Waals surface area contributed by atoms with Crippen molar-refractivity contribution in [2.24, 2.45) is 0 Å². The van der Waals surface area contributed by atoms with E-state index in [4.69, 9.17) is 0 Å². The number of hydrazine groups is 1. The van der Waals surface area contributed by atoms with E-state index >= 15 is 0 Å². The van der Waals surface area contributed by atoms with E-state index in [0.717, 1.165) is 31.4 Å². The number of carbonyl (C=O) groups is 5. The summed E-state index contributed by atoms with van der Waals surface area (Å²) in [6.07, 6.45) is 3.53. The highest BCUT2D eigenvalue weighted by Crippen LogP contribution is 2.33. The highest BCUT2D eigenvalue weighted by atomic mass is 19.1. The maximum absolute atomic E-state index is 13.2. The molecule has 1 spiro atoms. The predicted octanol–water partition coefficient (Wildman–Crippen LogP) is 0.879. The summed E-state index contributed by atoms with van der Waals surface area (Å²) in [4.78, 5) is 63.4. The smallest absolute Gasteiger partial charge is 0.322 e. The number of nitrogens with zero attached hydrogens (tertiary/aromatic N) is 2. The Morgan fingerprint density at radius 1 is 1.00 bits per heavy atom. The van der Waals surface area contributed by atoms with Gasteiger partial charge in [-0.05, 0) is 37.5 Å². The van der Waals surface area contributed by atoms with Crippen molar-refractivity contribution in [1.29, 1.82) is 0 Å². The monoisotopic (exact) mass is 431 g/mol. The Morgan fingerprint density at radius 3 is 2.29 bits per heavy atom. The molecule has 0 bridgehead atoms. The molecule has 1 atom stereocenters. The van der Waals surface area contributed by atoms with Gasteiger partial charge in [0.25, 0.3) is 17.7 Å². The first-order valence-electron chi connectivity index (χ1n) is 10.0. The second-order valence-electron chi connectivity index (χ2n) is 8.20. The number of carbonyl (C=O) groups excluding carboxylic acids is 5. The molecule has 4 rings (SSSR count). The lowest BCUT2D eigenvalue weighted by atomic mass is 9.82. The molecule has 10 nitrogen and oxygen atoms in total. The third-order valence-electron chi connectivity index (χ3n) is 6.10. The average molecular weight is 431 g/mol. The molecule has 3 N–H and O–H groups in total. The van der Waals surface area contributed by atoms with Gasteiger partial charge < -0.3 is 10.6 Å². The third kappa shape index (κ3) is 3.39. The minimum Gasteiger partial charge on any atom is -0.322 e. The van der Waals surface area contributed by atoms with Crippen LogP contribution < -0.4 is 16.1 Å². The number of nitrogens with one attached hydrogen (secondary N) is 3. The molecule has 1 unspecified atom stereocenters. The summed E-state index contributed by atoms with van der Waals surface area (Å²) in [5.74, 6) is -2.62. The van der Waals surface area contributed by atoms with Crippen LogP contribution in [0, 0.1) is 5.82 Å². The number of amides is 7. The molecule has 11 heteroatoms. The predicted molar refractivity (Wildman–Crippen MR) is 103 cm³/mol. The van der Waals surface area contributed by atoms with Crippen molar-refractivity contribution in [3.8, 4) is 0 Å². The molecule has 1 aromatic rings. The summed E-state index contributed by atoms with van der Waals surface area (Å²) in [5.41, 5.74) is 0.0689. The van der Waals surface area contributed by atoms with Gasteiger partial charge in [-0.25, -0.2) is 14.0 Å². The standard InChI is InChI=1S/C20H22FN5O5/c1-19(12-5-7-13(21)8-6-12)15(28)25(17(30)22-19)11-14(27)24-26-16(29)20(23-18(26)31)9-3-2-4-10-20/h5-8H,2-4,9-11H2,1H3,(H,22,30)(H,23,31)(H,24,27). The van der Waals surface area contributed by atoms with Crippen LogP contribution in [0.15, 0.2) is 24.3 Å². The van der Waals surface area contributed by atoms with Crippen LogP contribution in [0.3, 0.4) is 0 Å². The Morgan fingerprint density at radius 2 is 1.65 bits per heavy atom. The summed E-state index contributed by atoms with van der Waals surface area (Å²) in [6, 6.07) is 3.51. The quantitative estimate of drug-likeness (QED) is 0.610. The van der Waals surface area contributed by atoms with Gasteiger partial charge in [0.15, 0.2) is 0 Å². The molecule has 2 saturated heterocycles. The van der Waals surface area contributed by atoms with Crippen LogP contribution in [-0.2, 0) is 19.9 Å². The number of halogens is 1. The van der Waals surface area contributed by atoms with Crippen LogP contribution in [0.25, 0.3) is 0 Å². The summed E-state index contributed by atoms with van der Waals surface area (Å²) in [6.45, 7) is 0.758. The van der Waals surface area contributed by atoms with Crippen LogP contribution >= 0.6 is 0 Å². The first-order valence-corrected chi connectivity index (χ1v) is 10.0. The van der Waals surface area contributed by atoms with Gasteiger partial charge in [-0.2, -0.15) is 5.01 Å². The third-order valence-corrected chi connectivity index (χ3v) is 6.10. The normalized spacial score (nSPS) is 25.1.